The number of amides is 10. The molecule has 95 heavy (non-hydrogen) atoms. The maximum atomic E-state index is 14.7. The summed E-state index contributed by atoms with van der Waals surface area (Å²) < 4.78 is 23.2. The molecule has 5 heterocycles. The Balaban J connectivity index is 1.14. The molecule has 0 spiro atoms. The standard InChI is InChI=1S/C68H83N13O14/c1-92-55-47-16-9-18-49(55)62(85)73-28-36-79-37-29-74-63(86)50-19-10-17-48(56(50)93-2)60(83)70-25-33-77(32-24-69-59(47)82)39-40-78-34-26-71-61(84)51-20-11-21-52(57(51)94-3)65(88)75-30-38-80(42-41-79)44(13-7-8-31-81-67(90)45-14-5-6-15-46(45)68(81)91)43-76-66(89)54-23-12-22-53(58(54)95-4)64(87)72-27-35-78/h5-6,9-12,14-23,44H,7-8,13,24-43H2,1-4H3,(H,69,82)(H,70,83)(H,71,84)(H,72,87)(H,73,85)(H,74,86)(H,75,88)(H,76,89). The number of hydrogen-bond donors (Lipinski definition) is 8. The molecule has 0 radical (unpaired) electrons. The summed E-state index contributed by atoms with van der Waals surface area (Å²) in [7, 11) is 5.50. The van der Waals surface area contributed by atoms with E-state index in [1.165, 1.54) is 33.3 Å². The first kappa shape index (κ1) is 69.4. The normalized spacial score (nSPS) is 21.2. The van der Waals surface area contributed by atoms with Crippen LogP contribution in [0.4, 0.5) is 0 Å². The Labute approximate surface area is 551 Å². The molecule has 0 aliphatic carbocycles. The van der Waals surface area contributed by atoms with Crippen LogP contribution in [0.25, 0.3) is 0 Å². The van der Waals surface area contributed by atoms with E-state index >= 15 is 0 Å². The van der Waals surface area contributed by atoms with E-state index in [4.69, 9.17) is 18.9 Å². The molecule has 5 aliphatic rings. The van der Waals surface area contributed by atoms with Crippen LogP contribution in [0.3, 0.4) is 0 Å². The molecular formula is C68H83N13O14. The SMILES string of the molecule is COc1c2cccc1C(=O)NCCN1CCNC(=O)c3cccc(c3OC)C(=O)NCCN(CCNC2=O)CCN2CCNC(=O)c3cccc(c3OC)C(=O)NCCN(CC1)C(CCCCN1C(=O)c3ccccc3C1=O)CNC(=O)c1cccc(c1OC)C(=O)NCC2. The van der Waals surface area contributed by atoms with Crippen LogP contribution in [-0.4, -0.2) is 249 Å². The van der Waals surface area contributed by atoms with E-state index in [0.29, 0.717) is 43.5 Å². The summed E-state index contributed by atoms with van der Waals surface area (Å²) in [5.74, 6) is -4.71. The third kappa shape index (κ3) is 17.3. The molecule has 27 nitrogen and oxygen atoms in total. The van der Waals surface area contributed by atoms with Crippen molar-refractivity contribution in [1.82, 2.24) is 67.0 Å². The molecule has 10 amide bonds. The zero-order valence-electron chi connectivity index (χ0n) is 54.0. The molecule has 3 unspecified atom stereocenters. The number of methoxy groups -OCH3 is 4. The van der Waals surface area contributed by atoms with Crippen molar-refractivity contribution < 1.29 is 66.9 Å². The van der Waals surface area contributed by atoms with Crippen molar-refractivity contribution in [3.63, 3.8) is 0 Å². The van der Waals surface area contributed by atoms with Gasteiger partial charge in [0.2, 0.25) is 0 Å². The zero-order chi connectivity index (χ0) is 67.4. The quantitative estimate of drug-likeness (QED) is 0.0770. The van der Waals surface area contributed by atoms with Gasteiger partial charge >= 0.3 is 0 Å². The summed E-state index contributed by atoms with van der Waals surface area (Å²) in [6.45, 7) is 3.38. The van der Waals surface area contributed by atoms with Gasteiger partial charge in [-0.05, 0) is 73.5 Å². The van der Waals surface area contributed by atoms with Crippen molar-refractivity contribution in [2.75, 3.05) is 159 Å². The lowest BCUT2D eigenvalue weighted by atomic mass is 10.0. The van der Waals surface area contributed by atoms with Crippen molar-refractivity contribution in [3.05, 3.63) is 153 Å². The number of benzene rings is 5. The number of imide groups is 1. The second-order valence-corrected chi connectivity index (χ2v) is 23.1. The minimum Gasteiger partial charge on any atom is -0.495 e. The number of fused-ring (bicyclic) bond motifs is 17. The van der Waals surface area contributed by atoms with Crippen LogP contribution in [0, 0.1) is 0 Å². The molecule has 10 rings (SSSR count). The predicted molar refractivity (Wildman–Crippen MR) is 351 cm³/mol. The van der Waals surface area contributed by atoms with Crippen LogP contribution >= 0.6 is 0 Å². The summed E-state index contributed by atoms with van der Waals surface area (Å²) in [6, 6.07) is 25.0. The van der Waals surface area contributed by atoms with E-state index < -0.39 is 65.1 Å². The largest absolute Gasteiger partial charge is 0.495 e. The fourth-order valence-electron chi connectivity index (χ4n) is 12.3. The van der Waals surface area contributed by atoms with E-state index in [1.807, 2.05) is 14.7 Å². The number of rotatable bonds is 9. The van der Waals surface area contributed by atoms with Gasteiger partial charge in [-0.2, -0.15) is 0 Å². The predicted octanol–water partition coefficient (Wildman–Crippen LogP) is 1.74. The molecule has 0 saturated carbocycles. The van der Waals surface area contributed by atoms with Gasteiger partial charge in [0, 0.05) is 137 Å². The molecule has 3 atom stereocenters. The molecule has 12 bridgehead atoms. The fourth-order valence-corrected chi connectivity index (χ4v) is 12.3. The third-order valence-electron chi connectivity index (χ3n) is 17.3. The number of ether oxygens (including phenoxy) is 4. The van der Waals surface area contributed by atoms with Gasteiger partial charge in [-0.1, -0.05) is 42.8 Å². The van der Waals surface area contributed by atoms with Gasteiger partial charge in [0.1, 0.15) is 23.0 Å². The molecule has 0 saturated heterocycles. The second kappa shape index (κ2) is 33.7. The lowest BCUT2D eigenvalue weighted by Gasteiger charge is -2.34. The van der Waals surface area contributed by atoms with E-state index in [1.54, 1.807) is 97.1 Å². The minimum absolute atomic E-state index is 0.00156. The van der Waals surface area contributed by atoms with Crippen LogP contribution in [0.1, 0.15) is 123 Å². The Hall–Kier alpha value is -9.96. The molecular weight excluding hydrogens is 1220 g/mol. The molecule has 8 N–H and O–H groups in total. The Morgan fingerprint density at radius 2 is 0.579 bits per heavy atom. The maximum Gasteiger partial charge on any atom is 0.261 e. The first-order valence-electron chi connectivity index (χ1n) is 31.9. The van der Waals surface area contributed by atoms with E-state index in [0.717, 1.165) is 0 Å². The number of nitrogens with one attached hydrogen (secondary N) is 8. The van der Waals surface area contributed by atoms with Gasteiger partial charge in [-0.25, -0.2) is 0 Å². The second-order valence-electron chi connectivity index (χ2n) is 23.1. The van der Waals surface area contributed by atoms with E-state index in [-0.39, 0.29) is 185 Å². The van der Waals surface area contributed by atoms with E-state index in [9.17, 15) is 47.9 Å². The third-order valence-corrected chi connectivity index (χ3v) is 17.3. The average molecular weight is 1310 g/mol. The molecule has 0 aromatic heterocycles. The summed E-state index contributed by atoms with van der Waals surface area (Å²) in [5, 5.41) is 24.1. The highest BCUT2D eigenvalue weighted by Crippen LogP contribution is 2.29. The summed E-state index contributed by atoms with van der Waals surface area (Å²) in [6.07, 6.45) is 1.20. The minimum atomic E-state index is -0.545. The maximum absolute atomic E-state index is 14.7. The zero-order valence-corrected chi connectivity index (χ0v) is 54.0. The van der Waals surface area contributed by atoms with E-state index in [2.05, 4.69) is 47.4 Å². The van der Waals surface area contributed by atoms with Crippen molar-refractivity contribution in [1.29, 1.82) is 0 Å². The van der Waals surface area contributed by atoms with Crippen LogP contribution in [0.5, 0.6) is 23.0 Å². The number of unbranched alkanes of at least 4 members (excludes halogenated alkanes) is 1. The van der Waals surface area contributed by atoms with Crippen LogP contribution in [-0.2, 0) is 0 Å². The lowest BCUT2D eigenvalue weighted by molar-refractivity contribution is 0.0646. The number of carbonyl (C=O) groups is 10. The molecule has 27 heteroatoms. The Morgan fingerprint density at radius 3 is 0.874 bits per heavy atom. The van der Waals surface area contributed by atoms with Crippen LogP contribution < -0.4 is 61.5 Å². The van der Waals surface area contributed by atoms with Gasteiger partial charge in [-0.15, -0.1) is 0 Å². The molecule has 5 aliphatic heterocycles. The van der Waals surface area contributed by atoms with Gasteiger partial charge < -0.3 is 61.5 Å². The molecule has 0 fully saturated rings. The Kier molecular flexibility index (Phi) is 24.6. The smallest absolute Gasteiger partial charge is 0.261 e. The van der Waals surface area contributed by atoms with Gasteiger partial charge in [0.05, 0.1) is 84.1 Å². The molecule has 504 valence electrons. The van der Waals surface area contributed by atoms with Crippen molar-refractivity contribution in [2.24, 2.45) is 0 Å². The van der Waals surface area contributed by atoms with Crippen LogP contribution in [0.2, 0.25) is 0 Å². The van der Waals surface area contributed by atoms with Crippen LogP contribution in [0.15, 0.2) is 97.1 Å². The number of para-hydroxylation sites is 4. The molecule has 5 aromatic rings. The lowest BCUT2D eigenvalue weighted by Crippen LogP contribution is -2.50. The number of carbonyl (C=O) groups excluding carboxylic acids is 10. The topological polar surface area (TPSA) is 320 Å². The monoisotopic (exact) mass is 1310 g/mol. The van der Waals surface area contributed by atoms with Gasteiger partial charge in [0.25, 0.3) is 59.1 Å². The molecule has 5 aromatic carbocycles. The van der Waals surface area contributed by atoms with Crippen molar-refractivity contribution in [2.45, 2.75) is 25.3 Å². The average Bonchev–Trinajstić information content (AvgIpc) is 1.73. The highest BCUT2D eigenvalue weighted by molar-refractivity contribution is 6.21. The Morgan fingerprint density at radius 1 is 0.316 bits per heavy atom. The number of hydrogen-bond acceptors (Lipinski definition) is 18. The highest BCUT2D eigenvalue weighted by atomic mass is 16.5. The van der Waals surface area contributed by atoms with Crippen molar-refractivity contribution in [3.8, 4) is 23.0 Å². The fraction of sp³-hybridized carbons (Fsp3) is 0.412. The summed E-state index contributed by atoms with van der Waals surface area (Å²) >= 11 is 0. The summed E-state index contributed by atoms with van der Waals surface area (Å²) in [4.78, 5) is 151. The Bertz CT molecular complexity index is 3530. The number of nitrogens with zero attached hydrogens (tertiary/aromatic N) is 5. The van der Waals surface area contributed by atoms with Gasteiger partial charge in [-0.3, -0.25) is 72.4 Å². The highest BCUT2D eigenvalue weighted by Gasteiger charge is 2.35. The first-order chi connectivity index (χ1) is 46.1. The summed E-state index contributed by atoms with van der Waals surface area (Å²) in [5.41, 5.74) is 1.51. The first-order valence-corrected chi connectivity index (χ1v) is 31.9. The van der Waals surface area contributed by atoms with Crippen molar-refractivity contribution >= 4 is 59.1 Å². The van der Waals surface area contributed by atoms with Gasteiger partial charge in [0.15, 0.2) is 0 Å².